The molecule has 2 atom stereocenters. The zero-order chi connectivity index (χ0) is 27.9. The van der Waals surface area contributed by atoms with Gasteiger partial charge in [0.25, 0.3) is 5.91 Å². The maximum atomic E-state index is 13.4. The molecule has 202 valence electrons. The zero-order valence-electron chi connectivity index (χ0n) is 22.3. The molecule has 3 amide bonds. The summed E-state index contributed by atoms with van der Waals surface area (Å²) in [6.45, 7) is 10.4. The smallest absolute Gasteiger partial charge is 0.426 e. The lowest BCUT2D eigenvalue weighted by molar-refractivity contribution is -0.119. The molecule has 0 heterocycles. The van der Waals surface area contributed by atoms with Crippen molar-refractivity contribution in [3.05, 3.63) is 60.2 Å². The number of hydrazine groups is 1. The van der Waals surface area contributed by atoms with E-state index in [4.69, 9.17) is 9.47 Å². The Kier molecular flexibility index (Phi) is 9.68. The first kappa shape index (κ1) is 29.6. The Balaban J connectivity index is 2.19. The van der Waals surface area contributed by atoms with Crippen LogP contribution < -0.4 is 16.2 Å². The maximum Gasteiger partial charge on any atom is 0.426 e. The molecule has 2 aromatic carbocycles. The SMILES string of the molecule is CC(C)(C)OC(=O)NNc1ccc(S(C)(=O)=NC(=O)[C@H](Cc2ccccc2)NC(=O)OC(C)(C)C)cc1. The molecule has 2 aromatic rings. The third-order valence-electron chi connectivity index (χ3n) is 4.54. The number of alkyl carbamates (subject to hydrolysis) is 1. The van der Waals surface area contributed by atoms with E-state index in [1.807, 2.05) is 30.3 Å². The molecule has 11 heteroatoms. The van der Waals surface area contributed by atoms with Gasteiger partial charge in [0.1, 0.15) is 17.2 Å². The summed E-state index contributed by atoms with van der Waals surface area (Å²) in [6, 6.07) is 14.3. The Morgan fingerprint density at radius 3 is 1.95 bits per heavy atom. The van der Waals surface area contributed by atoms with Crippen LogP contribution in [0.15, 0.2) is 63.9 Å². The van der Waals surface area contributed by atoms with Gasteiger partial charge < -0.3 is 14.8 Å². The van der Waals surface area contributed by atoms with Crippen LogP contribution in [0.3, 0.4) is 0 Å². The number of carbonyl (C=O) groups excluding carboxylic acids is 3. The van der Waals surface area contributed by atoms with Gasteiger partial charge in [0.2, 0.25) is 0 Å². The van der Waals surface area contributed by atoms with E-state index in [2.05, 4.69) is 20.5 Å². The number of hydrogen-bond donors (Lipinski definition) is 3. The molecule has 0 saturated carbocycles. The van der Waals surface area contributed by atoms with Crippen molar-refractivity contribution in [1.82, 2.24) is 10.7 Å². The van der Waals surface area contributed by atoms with Crippen molar-refractivity contribution in [2.24, 2.45) is 4.36 Å². The van der Waals surface area contributed by atoms with Gasteiger partial charge in [-0.15, -0.1) is 0 Å². The minimum Gasteiger partial charge on any atom is -0.444 e. The Morgan fingerprint density at radius 2 is 1.41 bits per heavy atom. The second-order valence-electron chi connectivity index (χ2n) is 10.4. The average molecular weight is 533 g/mol. The van der Waals surface area contributed by atoms with E-state index >= 15 is 0 Å². The first-order valence-corrected chi connectivity index (χ1v) is 13.6. The summed E-state index contributed by atoms with van der Waals surface area (Å²) in [7, 11) is -3.15. The van der Waals surface area contributed by atoms with Gasteiger partial charge in [-0.2, -0.15) is 4.36 Å². The number of benzene rings is 2. The highest BCUT2D eigenvalue weighted by Crippen LogP contribution is 2.17. The number of nitrogens with one attached hydrogen (secondary N) is 3. The molecule has 0 saturated heterocycles. The summed E-state index contributed by atoms with van der Waals surface area (Å²) in [5.41, 5.74) is 5.00. The summed E-state index contributed by atoms with van der Waals surface area (Å²) >= 11 is 0. The van der Waals surface area contributed by atoms with Crippen LogP contribution in [0.2, 0.25) is 0 Å². The molecule has 0 aliphatic heterocycles. The lowest BCUT2D eigenvalue weighted by atomic mass is 10.1. The van der Waals surface area contributed by atoms with Crippen molar-refractivity contribution in [2.75, 3.05) is 11.7 Å². The second kappa shape index (κ2) is 12.1. The van der Waals surface area contributed by atoms with Crippen LogP contribution in [-0.2, 0) is 30.4 Å². The Morgan fingerprint density at radius 1 is 0.865 bits per heavy atom. The number of nitrogens with zero attached hydrogens (tertiary/aromatic N) is 1. The van der Waals surface area contributed by atoms with Gasteiger partial charge in [-0.05, 0) is 71.4 Å². The van der Waals surface area contributed by atoms with Gasteiger partial charge in [0, 0.05) is 17.6 Å². The highest BCUT2D eigenvalue weighted by molar-refractivity contribution is 7.93. The normalized spacial score (nSPS) is 13.9. The summed E-state index contributed by atoms with van der Waals surface area (Å²) in [6.07, 6.45) is 0.0714. The standard InChI is InChI=1S/C26H36N4O6S/c1-25(2,3)35-23(32)27-21(17-18-11-9-8-10-12-18)22(31)30-37(7,34)20-15-13-19(14-16-20)28-29-24(33)36-26(4,5)6/h8-16,21,28H,17H2,1-7H3,(H,27,32)(H,29,33)/t21-,37?/m0/s1. The molecule has 1 unspecified atom stereocenters. The van der Waals surface area contributed by atoms with E-state index in [-0.39, 0.29) is 6.42 Å². The fraction of sp³-hybridized carbons (Fsp3) is 0.423. The molecule has 0 radical (unpaired) electrons. The summed E-state index contributed by atoms with van der Waals surface area (Å²) in [4.78, 5) is 37.6. The Hall–Kier alpha value is -3.60. The largest absolute Gasteiger partial charge is 0.444 e. The van der Waals surface area contributed by atoms with Gasteiger partial charge in [-0.25, -0.2) is 19.2 Å². The first-order chi connectivity index (χ1) is 17.0. The monoisotopic (exact) mass is 532 g/mol. The molecular formula is C26H36N4O6S. The van der Waals surface area contributed by atoms with E-state index in [1.54, 1.807) is 53.7 Å². The molecule has 37 heavy (non-hydrogen) atoms. The highest BCUT2D eigenvalue weighted by atomic mass is 32.2. The molecule has 0 aliphatic rings. The van der Waals surface area contributed by atoms with Gasteiger partial charge in [0.15, 0.2) is 0 Å². The van der Waals surface area contributed by atoms with E-state index in [1.165, 1.54) is 18.4 Å². The van der Waals surface area contributed by atoms with Crippen molar-refractivity contribution in [2.45, 2.75) is 70.1 Å². The van der Waals surface area contributed by atoms with Crippen LogP contribution in [0.4, 0.5) is 15.3 Å². The number of carbonyl (C=O) groups is 3. The summed E-state index contributed by atoms with van der Waals surface area (Å²) < 4.78 is 27.8. The van der Waals surface area contributed by atoms with Crippen molar-refractivity contribution in [3.63, 3.8) is 0 Å². The molecule has 3 N–H and O–H groups in total. The van der Waals surface area contributed by atoms with E-state index in [0.717, 1.165) is 5.56 Å². The van der Waals surface area contributed by atoms with Crippen LogP contribution in [0.5, 0.6) is 0 Å². The number of hydrogen-bond acceptors (Lipinski definition) is 7. The first-order valence-electron chi connectivity index (χ1n) is 11.7. The minimum absolute atomic E-state index is 0.150. The van der Waals surface area contributed by atoms with Gasteiger partial charge in [0.05, 0.1) is 15.4 Å². The maximum absolute atomic E-state index is 13.4. The molecule has 0 aromatic heterocycles. The van der Waals surface area contributed by atoms with Crippen LogP contribution in [-0.4, -0.2) is 45.8 Å². The molecule has 0 spiro atoms. The lowest BCUT2D eigenvalue weighted by Crippen LogP contribution is -2.44. The van der Waals surface area contributed by atoms with Crippen LogP contribution in [0.1, 0.15) is 47.1 Å². The number of anilines is 1. The minimum atomic E-state index is -3.15. The predicted octanol–water partition coefficient (Wildman–Crippen LogP) is 4.66. The fourth-order valence-corrected chi connectivity index (χ4v) is 4.22. The van der Waals surface area contributed by atoms with Gasteiger partial charge in [-0.3, -0.25) is 10.2 Å². The van der Waals surface area contributed by atoms with E-state index in [0.29, 0.717) is 10.6 Å². The van der Waals surface area contributed by atoms with Crippen molar-refractivity contribution in [1.29, 1.82) is 0 Å². The van der Waals surface area contributed by atoms with Crippen LogP contribution in [0.25, 0.3) is 0 Å². The molecule has 0 bridgehead atoms. The average Bonchev–Trinajstić information content (AvgIpc) is 2.75. The summed E-state index contributed by atoms with van der Waals surface area (Å²) in [5, 5.41) is 2.56. The number of ether oxygens (including phenoxy) is 2. The lowest BCUT2D eigenvalue weighted by Gasteiger charge is -2.22. The van der Waals surface area contributed by atoms with Crippen LogP contribution >= 0.6 is 0 Å². The van der Waals surface area contributed by atoms with Crippen LogP contribution in [0, 0.1) is 0 Å². The van der Waals surface area contributed by atoms with Gasteiger partial charge >= 0.3 is 12.2 Å². The Bertz CT molecular complexity index is 1210. The quantitative estimate of drug-likeness (QED) is 0.442. The highest BCUT2D eigenvalue weighted by Gasteiger charge is 2.26. The molecule has 0 aliphatic carbocycles. The van der Waals surface area contributed by atoms with Crippen molar-refractivity contribution in [3.8, 4) is 0 Å². The topological polar surface area (TPSA) is 135 Å². The molecular weight excluding hydrogens is 496 g/mol. The van der Waals surface area contributed by atoms with Crippen molar-refractivity contribution >= 4 is 33.5 Å². The second-order valence-corrected chi connectivity index (χ2v) is 12.7. The fourth-order valence-electron chi connectivity index (χ4n) is 3.01. The van der Waals surface area contributed by atoms with E-state index < -0.39 is 45.1 Å². The van der Waals surface area contributed by atoms with Crippen molar-refractivity contribution < 1.29 is 28.1 Å². The zero-order valence-corrected chi connectivity index (χ0v) is 23.1. The molecule has 2 rings (SSSR count). The Labute approximate surface area is 218 Å². The number of rotatable bonds is 7. The molecule has 0 fully saturated rings. The third kappa shape index (κ3) is 10.9. The van der Waals surface area contributed by atoms with E-state index in [9.17, 15) is 18.6 Å². The summed E-state index contributed by atoms with van der Waals surface area (Å²) in [5.74, 6) is -0.740. The molecule has 10 nitrogen and oxygen atoms in total. The predicted molar refractivity (Wildman–Crippen MR) is 143 cm³/mol. The number of amides is 3. The third-order valence-corrected chi connectivity index (χ3v) is 6.21. The van der Waals surface area contributed by atoms with Gasteiger partial charge in [-0.1, -0.05) is 30.3 Å².